The van der Waals surface area contributed by atoms with Gasteiger partial charge in [0.1, 0.15) is 0 Å². The van der Waals surface area contributed by atoms with Crippen molar-refractivity contribution in [1.82, 2.24) is 24.8 Å². The fourth-order valence-corrected chi connectivity index (χ4v) is 5.44. The van der Waals surface area contributed by atoms with Gasteiger partial charge in [0.2, 0.25) is 5.95 Å². The SMILES string of the molecule is Cc1cnc(NCCCN2CCN(C)CC2)nc1-c1cc2ccc(C(=O)Nc3cccnc3)cc2s1.Cl.Cl.Cl.Cl. The van der Waals surface area contributed by atoms with Crippen molar-refractivity contribution in [1.29, 1.82) is 0 Å². The fraction of sp³-hybridized carbons (Fsp3) is 0.333. The molecule has 1 aliphatic rings. The number of thiophene rings is 1. The molecule has 40 heavy (non-hydrogen) atoms. The van der Waals surface area contributed by atoms with Crippen LogP contribution in [0.15, 0.2) is 55.0 Å². The molecule has 8 nitrogen and oxygen atoms in total. The summed E-state index contributed by atoms with van der Waals surface area (Å²) in [7, 11) is 2.18. The number of rotatable bonds is 8. The summed E-state index contributed by atoms with van der Waals surface area (Å²) >= 11 is 1.64. The molecule has 1 fully saturated rings. The third-order valence-corrected chi connectivity index (χ3v) is 7.54. The maximum absolute atomic E-state index is 12.7. The lowest BCUT2D eigenvalue weighted by molar-refractivity contribution is 0.102. The normalized spacial score (nSPS) is 13.2. The number of hydrogen-bond donors (Lipinski definition) is 2. The average Bonchev–Trinajstić information content (AvgIpc) is 3.32. The number of halogens is 4. The maximum atomic E-state index is 12.7. The van der Waals surface area contributed by atoms with Crippen molar-refractivity contribution in [3.8, 4) is 10.6 Å². The first kappa shape index (κ1) is 35.8. The number of carbonyl (C=O) groups is 1. The molecule has 1 amide bonds. The molecule has 0 radical (unpaired) electrons. The van der Waals surface area contributed by atoms with Gasteiger partial charge in [-0.15, -0.1) is 61.0 Å². The van der Waals surface area contributed by atoms with Crippen molar-refractivity contribution >= 4 is 88.6 Å². The quantitative estimate of drug-likeness (QED) is 0.225. The predicted octanol–water partition coefficient (Wildman–Crippen LogP) is 6.05. The summed E-state index contributed by atoms with van der Waals surface area (Å²) in [5.74, 6) is 0.504. The van der Waals surface area contributed by atoms with E-state index in [0.29, 0.717) is 17.2 Å². The molecule has 4 heterocycles. The Morgan fingerprint density at radius 1 is 1.02 bits per heavy atom. The van der Waals surface area contributed by atoms with Gasteiger partial charge in [0.25, 0.3) is 5.91 Å². The fourth-order valence-electron chi connectivity index (χ4n) is 4.28. The largest absolute Gasteiger partial charge is 0.354 e. The van der Waals surface area contributed by atoms with Crippen molar-refractivity contribution < 1.29 is 4.79 Å². The van der Waals surface area contributed by atoms with Crippen LogP contribution in [0.5, 0.6) is 0 Å². The zero-order valence-corrected chi connectivity index (χ0v) is 26.4. The highest BCUT2D eigenvalue weighted by molar-refractivity contribution is 7.22. The lowest BCUT2D eigenvalue weighted by atomic mass is 10.1. The Bertz CT molecular complexity index is 1350. The summed E-state index contributed by atoms with van der Waals surface area (Å²) in [6.07, 6.45) is 6.25. The van der Waals surface area contributed by atoms with Crippen molar-refractivity contribution in [2.45, 2.75) is 13.3 Å². The molecule has 0 unspecified atom stereocenters. The summed E-state index contributed by atoms with van der Waals surface area (Å²) in [5, 5.41) is 7.38. The highest BCUT2D eigenvalue weighted by Crippen LogP contribution is 2.35. The second-order valence-electron chi connectivity index (χ2n) is 9.21. The number of nitrogens with zero attached hydrogens (tertiary/aromatic N) is 5. The van der Waals surface area contributed by atoms with Crippen LogP contribution in [0.2, 0.25) is 0 Å². The molecule has 4 aromatic rings. The standard InChI is InChI=1S/C27H31N7OS.4ClH/c1-19-17-30-27(29-9-4-10-34-13-11-33(2)12-14-34)32-25(19)24-15-20-6-7-21(16-23(20)36-24)26(35)31-22-5-3-8-28-18-22;;;;/h3,5-8,15-18H,4,9-14H2,1-2H3,(H,31,35)(H,29,30,32);4*1H. The summed E-state index contributed by atoms with van der Waals surface area (Å²) in [4.78, 5) is 32.0. The number of nitrogens with one attached hydrogen (secondary N) is 2. The summed E-state index contributed by atoms with van der Waals surface area (Å²) < 4.78 is 1.04. The molecule has 218 valence electrons. The first-order chi connectivity index (χ1) is 17.5. The molecule has 1 aliphatic heterocycles. The minimum Gasteiger partial charge on any atom is -0.354 e. The van der Waals surface area contributed by atoms with Crippen LogP contribution in [-0.4, -0.2) is 77.0 Å². The molecule has 1 saturated heterocycles. The van der Waals surface area contributed by atoms with Crippen LogP contribution in [0.25, 0.3) is 20.7 Å². The van der Waals surface area contributed by atoms with Gasteiger partial charge in [-0.3, -0.25) is 9.78 Å². The summed E-state index contributed by atoms with van der Waals surface area (Å²) in [5.41, 5.74) is 3.24. The Hall–Kier alpha value is -2.24. The van der Waals surface area contributed by atoms with Gasteiger partial charge in [-0.1, -0.05) is 6.07 Å². The smallest absolute Gasteiger partial charge is 0.255 e. The minimum atomic E-state index is -0.152. The Kier molecular flexibility index (Phi) is 15.1. The van der Waals surface area contributed by atoms with E-state index in [1.807, 2.05) is 37.4 Å². The van der Waals surface area contributed by atoms with Gasteiger partial charge in [-0.25, -0.2) is 9.97 Å². The van der Waals surface area contributed by atoms with E-state index < -0.39 is 0 Å². The Morgan fingerprint density at radius 2 is 1.80 bits per heavy atom. The lowest BCUT2D eigenvalue weighted by Gasteiger charge is -2.32. The van der Waals surface area contributed by atoms with Crippen LogP contribution in [0.3, 0.4) is 0 Å². The molecule has 3 aromatic heterocycles. The first-order valence-corrected chi connectivity index (χ1v) is 13.1. The summed E-state index contributed by atoms with van der Waals surface area (Å²) in [6, 6.07) is 11.5. The number of carbonyl (C=O) groups excluding carboxylic acids is 1. The highest BCUT2D eigenvalue weighted by atomic mass is 35.5. The first-order valence-electron chi connectivity index (χ1n) is 12.3. The molecule has 0 saturated carbocycles. The molecule has 1 aromatic carbocycles. The van der Waals surface area contributed by atoms with Gasteiger partial charge < -0.3 is 20.4 Å². The third kappa shape index (κ3) is 9.14. The van der Waals surface area contributed by atoms with Gasteiger partial charge in [0.15, 0.2) is 0 Å². The number of anilines is 2. The number of pyridine rings is 1. The van der Waals surface area contributed by atoms with Crippen LogP contribution < -0.4 is 10.6 Å². The molecule has 0 bridgehead atoms. The maximum Gasteiger partial charge on any atom is 0.255 e. The number of piperazine rings is 1. The van der Waals surface area contributed by atoms with Gasteiger partial charge >= 0.3 is 0 Å². The second kappa shape index (κ2) is 16.9. The number of benzene rings is 1. The zero-order chi connectivity index (χ0) is 24.9. The second-order valence-corrected chi connectivity index (χ2v) is 10.3. The number of aromatic nitrogens is 3. The van der Waals surface area contributed by atoms with Crippen LogP contribution in [-0.2, 0) is 0 Å². The van der Waals surface area contributed by atoms with Gasteiger partial charge in [-0.2, -0.15) is 0 Å². The van der Waals surface area contributed by atoms with Crippen LogP contribution in [0.1, 0.15) is 22.3 Å². The van der Waals surface area contributed by atoms with Crippen LogP contribution in [0, 0.1) is 6.92 Å². The molecule has 5 rings (SSSR count). The van der Waals surface area contributed by atoms with E-state index in [-0.39, 0.29) is 55.5 Å². The number of aryl methyl sites for hydroxylation is 1. The Balaban J connectivity index is 0.00000200. The Labute approximate surface area is 264 Å². The van der Waals surface area contributed by atoms with E-state index in [4.69, 9.17) is 4.98 Å². The predicted molar refractivity (Wildman–Crippen MR) is 176 cm³/mol. The van der Waals surface area contributed by atoms with E-state index >= 15 is 0 Å². The van der Waals surface area contributed by atoms with Crippen LogP contribution >= 0.6 is 61.0 Å². The molecular formula is C27H35Cl4N7OS. The molecule has 13 heteroatoms. The van der Waals surface area contributed by atoms with Crippen molar-refractivity contribution in [2.75, 3.05) is 56.9 Å². The van der Waals surface area contributed by atoms with E-state index in [2.05, 4.69) is 43.5 Å². The number of hydrogen-bond acceptors (Lipinski definition) is 8. The molecule has 0 atom stereocenters. The van der Waals surface area contributed by atoms with E-state index in [9.17, 15) is 4.79 Å². The van der Waals surface area contributed by atoms with Crippen molar-refractivity contribution in [2.24, 2.45) is 0 Å². The molecule has 2 N–H and O–H groups in total. The van der Waals surface area contributed by atoms with E-state index in [1.54, 1.807) is 29.8 Å². The van der Waals surface area contributed by atoms with Gasteiger partial charge in [0.05, 0.1) is 22.5 Å². The molecule has 0 aliphatic carbocycles. The number of amides is 1. The molecule has 0 spiro atoms. The molecular weight excluding hydrogens is 612 g/mol. The average molecular weight is 648 g/mol. The van der Waals surface area contributed by atoms with Gasteiger partial charge in [-0.05, 0) is 68.2 Å². The number of likely N-dealkylation sites (N-methyl/N-ethyl adjacent to an activating group) is 1. The van der Waals surface area contributed by atoms with Gasteiger partial charge in [0, 0.05) is 55.4 Å². The third-order valence-electron chi connectivity index (χ3n) is 6.44. The summed E-state index contributed by atoms with van der Waals surface area (Å²) in [6.45, 7) is 8.53. The monoisotopic (exact) mass is 645 g/mol. The topological polar surface area (TPSA) is 86.3 Å². The van der Waals surface area contributed by atoms with Crippen LogP contribution in [0.4, 0.5) is 11.6 Å². The van der Waals surface area contributed by atoms with Crippen molar-refractivity contribution in [3.63, 3.8) is 0 Å². The minimum absolute atomic E-state index is 0. The highest BCUT2D eigenvalue weighted by Gasteiger charge is 2.14. The van der Waals surface area contributed by atoms with Crippen molar-refractivity contribution in [3.05, 3.63) is 66.1 Å². The lowest BCUT2D eigenvalue weighted by Crippen LogP contribution is -2.44. The number of fused-ring (bicyclic) bond motifs is 1. The Morgan fingerprint density at radius 3 is 2.52 bits per heavy atom. The van der Waals surface area contributed by atoms with E-state index in [0.717, 1.165) is 71.9 Å². The zero-order valence-electron chi connectivity index (χ0n) is 22.3. The van der Waals surface area contributed by atoms with E-state index in [1.165, 1.54) is 0 Å².